The minimum Gasteiger partial charge on any atom is -0.457 e. The molecule has 1 aromatic heterocycles. The third-order valence-corrected chi connectivity index (χ3v) is 5.58. The summed E-state index contributed by atoms with van der Waals surface area (Å²) in [5.41, 5.74) is 2.70. The van der Waals surface area contributed by atoms with Gasteiger partial charge in [-0.05, 0) is 61.4 Å². The van der Waals surface area contributed by atoms with Crippen LogP contribution in [-0.4, -0.2) is 33.9 Å². The van der Waals surface area contributed by atoms with E-state index in [0.29, 0.717) is 12.1 Å². The number of hydrogen-bond donors (Lipinski definition) is 1. The van der Waals surface area contributed by atoms with Crippen molar-refractivity contribution in [2.24, 2.45) is 0 Å². The molecule has 4 aromatic rings. The number of amides is 1. The Balaban J connectivity index is 1.28. The SMILES string of the molecule is O=C(c1ccc(Oc2ccccc2)cc1)N1CCCC(c2nc3ccccc3[nH]2)C1. The van der Waals surface area contributed by atoms with Crippen molar-refractivity contribution in [3.8, 4) is 11.5 Å². The van der Waals surface area contributed by atoms with E-state index < -0.39 is 0 Å². The summed E-state index contributed by atoms with van der Waals surface area (Å²) in [6.45, 7) is 1.46. The van der Waals surface area contributed by atoms with Crippen molar-refractivity contribution in [2.45, 2.75) is 18.8 Å². The number of benzene rings is 3. The first-order valence-electron chi connectivity index (χ1n) is 10.3. The Hall–Kier alpha value is -3.60. The smallest absolute Gasteiger partial charge is 0.253 e. The van der Waals surface area contributed by atoms with Crippen LogP contribution in [0.25, 0.3) is 11.0 Å². The van der Waals surface area contributed by atoms with E-state index in [1.54, 1.807) is 0 Å². The van der Waals surface area contributed by atoms with Crippen molar-refractivity contribution in [3.63, 3.8) is 0 Å². The third-order valence-electron chi connectivity index (χ3n) is 5.58. The van der Waals surface area contributed by atoms with E-state index in [1.807, 2.05) is 83.8 Å². The number of piperidine rings is 1. The van der Waals surface area contributed by atoms with Gasteiger partial charge in [-0.1, -0.05) is 30.3 Å². The van der Waals surface area contributed by atoms with E-state index in [-0.39, 0.29) is 11.8 Å². The number of nitrogens with one attached hydrogen (secondary N) is 1. The molecule has 1 N–H and O–H groups in total. The van der Waals surface area contributed by atoms with E-state index in [9.17, 15) is 4.79 Å². The van der Waals surface area contributed by atoms with Gasteiger partial charge in [-0.15, -0.1) is 0 Å². The average molecular weight is 397 g/mol. The van der Waals surface area contributed by atoms with Gasteiger partial charge in [0.25, 0.3) is 5.91 Å². The molecular weight excluding hydrogens is 374 g/mol. The predicted molar refractivity (Wildman–Crippen MR) is 117 cm³/mol. The monoisotopic (exact) mass is 397 g/mol. The van der Waals surface area contributed by atoms with E-state index in [2.05, 4.69) is 4.98 Å². The topological polar surface area (TPSA) is 58.2 Å². The van der Waals surface area contributed by atoms with Gasteiger partial charge in [-0.25, -0.2) is 4.98 Å². The number of nitrogens with zero attached hydrogens (tertiary/aromatic N) is 2. The molecule has 1 fully saturated rings. The van der Waals surface area contributed by atoms with Gasteiger partial charge in [0.05, 0.1) is 11.0 Å². The fourth-order valence-corrected chi connectivity index (χ4v) is 4.02. The highest BCUT2D eigenvalue weighted by Gasteiger charge is 2.27. The molecule has 5 rings (SSSR count). The molecule has 0 spiro atoms. The van der Waals surface area contributed by atoms with Crippen LogP contribution in [-0.2, 0) is 0 Å². The summed E-state index contributed by atoms with van der Waals surface area (Å²) in [5, 5.41) is 0. The first kappa shape index (κ1) is 18.4. The molecule has 150 valence electrons. The summed E-state index contributed by atoms with van der Waals surface area (Å²) in [6, 6.07) is 25.1. The van der Waals surface area contributed by atoms with Gasteiger partial charge in [0, 0.05) is 24.6 Å². The Labute approximate surface area is 175 Å². The van der Waals surface area contributed by atoms with Crippen LogP contribution in [0.2, 0.25) is 0 Å². The van der Waals surface area contributed by atoms with Crippen LogP contribution in [0.3, 0.4) is 0 Å². The Kier molecular flexibility index (Phi) is 4.93. The van der Waals surface area contributed by atoms with Crippen molar-refractivity contribution in [2.75, 3.05) is 13.1 Å². The van der Waals surface area contributed by atoms with E-state index in [0.717, 1.165) is 47.7 Å². The quantitative estimate of drug-likeness (QED) is 0.503. The number of rotatable bonds is 4. The molecule has 1 aliphatic heterocycles. The molecule has 3 aromatic carbocycles. The maximum absolute atomic E-state index is 13.1. The summed E-state index contributed by atoms with van der Waals surface area (Å²) in [7, 11) is 0. The fraction of sp³-hybridized carbons (Fsp3) is 0.200. The molecule has 0 saturated carbocycles. The van der Waals surface area contributed by atoms with Gasteiger partial charge in [-0.2, -0.15) is 0 Å². The van der Waals surface area contributed by atoms with Crippen molar-refractivity contribution in [1.82, 2.24) is 14.9 Å². The molecule has 5 nitrogen and oxygen atoms in total. The Morgan fingerprint density at radius 1 is 0.933 bits per heavy atom. The molecule has 0 radical (unpaired) electrons. The second-order valence-corrected chi connectivity index (χ2v) is 7.67. The van der Waals surface area contributed by atoms with Crippen LogP contribution in [0.4, 0.5) is 0 Å². The maximum Gasteiger partial charge on any atom is 0.253 e. The number of para-hydroxylation sites is 3. The average Bonchev–Trinajstić information content (AvgIpc) is 3.24. The van der Waals surface area contributed by atoms with E-state index in [1.165, 1.54) is 0 Å². The number of carbonyl (C=O) groups excluding carboxylic acids is 1. The molecule has 0 bridgehead atoms. The van der Waals surface area contributed by atoms with E-state index in [4.69, 9.17) is 9.72 Å². The normalized spacial score (nSPS) is 16.5. The van der Waals surface area contributed by atoms with Crippen molar-refractivity contribution >= 4 is 16.9 Å². The summed E-state index contributed by atoms with van der Waals surface area (Å²) in [5.74, 6) is 2.76. The first-order chi connectivity index (χ1) is 14.8. The van der Waals surface area contributed by atoms with Crippen molar-refractivity contribution in [1.29, 1.82) is 0 Å². The number of hydrogen-bond acceptors (Lipinski definition) is 3. The number of fused-ring (bicyclic) bond motifs is 1. The number of ether oxygens (including phenoxy) is 1. The number of carbonyl (C=O) groups is 1. The van der Waals surface area contributed by atoms with Crippen LogP contribution in [0, 0.1) is 0 Å². The number of imidazole rings is 1. The van der Waals surface area contributed by atoms with Gasteiger partial charge < -0.3 is 14.6 Å². The number of aromatic nitrogens is 2. The summed E-state index contributed by atoms with van der Waals surface area (Å²) in [6.07, 6.45) is 2.01. The van der Waals surface area contributed by atoms with Crippen LogP contribution in [0.1, 0.15) is 34.9 Å². The third kappa shape index (κ3) is 3.79. The van der Waals surface area contributed by atoms with Gasteiger partial charge in [0.15, 0.2) is 0 Å². The van der Waals surface area contributed by atoms with Gasteiger partial charge in [-0.3, -0.25) is 4.79 Å². The second kappa shape index (κ2) is 8.03. The van der Waals surface area contributed by atoms with Crippen molar-refractivity contribution < 1.29 is 9.53 Å². The summed E-state index contributed by atoms with van der Waals surface area (Å²) >= 11 is 0. The Morgan fingerprint density at radius 2 is 1.67 bits per heavy atom. The predicted octanol–water partition coefficient (Wildman–Crippen LogP) is 5.38. The van der Waals surface area contributed by atoms with Gasteiger partial charge in [0.2, 0.25) is 0 Å². The first-order valence-corrected chi connectivity index (χ1v) is 10.3. The number of H-pyrrole nitrogens is 1. The Morgan fingerprint density at radius 3 is 2.47 bits per heavy atom. The molecule has 1 saturated heterocycles. The van der Waals surface area contributed by atoms with Crippen LogP contribution >= 0.6 is 0 Å². The molecule has 1 atom stereocenters. The van der Waals surface area contributed by atoms with E-state index >= 15 is 0 Å². The molecule has 2 heterocycles. The zero-order valence-electron chi connectivity index (χ0n) is 16.6. The maximum atomic E-state index is 13.1. The largest absolute Gasteiger partial charge is 0.457 e. The molecule has 30 heavy (non-hydrogen) atoms. The lowest BCUT2D eigenvalue weighted by molar-refractivity contribution is 0.0705. The highest BCUT2D eigenvalue weighted by atomic mass is 16.5. The van der Waals surface area contributed by atoms with Crippen molar-refractivity contribution in [3.05, 3.63) is 90.3 Å². The Bertz CT molecular complexity index is 1120. The standard InChI is InChI=1S/C25H23N3O2/c29-25(18-12-14-21(15-13-18)30-20-8-2-1-3-9-20)28-16-6-7-19(17-28)24-26-22-10-4-5-11-23(22)27-24/h1-5,8-15,19H,6-7,16-17H2,(H,26,27). The minimum absolute atomic E-state index is 0.0575. The molecule has 1 aliphatic rings. The zero-order chi connectivity index (χ0) is 20.3. The molecule has 1 amide bonds. The zero-order valence-corrected chi connectivity index (χ0v) is 16.6. The summed E-state index contributed by atoms with van der Waals surface area (Å²) in [4.78, 5) is 23.2. The van der Waals surface area contributed by atoms with Crippen LogP contribution < -0.4 is 4.74 Å². The lowest BCUT2D eigenvalue weighted by Gasteiger charge is -2.32. The second-order valence-electron chi connectivity index (χ2n) is 7.67. The highest BCUT2D eigenvalue weighted by Crippen LogP contribution is 2.28. The molecule has 5 heteroatoms. The van der Waals surface area contributed by atoms with Crippen LogP contribution in [0.5, 0.6) is 11.5 Å². The van der Waals surface area contributed by atoms with Gasteiger partial charge in [0.1, 0.15) is 17.3 Å². The number of likely N-dealkylation sites (tertiary alicyclic amines) is 1. The minimum atomic E-state index is 0.0575. The lowest BCUT2D eigenvalue weighted by Crippen LogP contribution is -2.39. The van der Waals surface area contributed by atoms with Gasteiger partial charge >= 0.3 is 0 Å². The van der Waals surface area contributed by atoms with Crippen LogP contribution in [0.15, 0.2) is 78.9 Å². The molecule has 1 unspecified atom stereocenters. The molecular formula is C25H23N3O2. The molecule has 0 aliphatic carbocycles. The highest BCUT2D eigenvalue weighted by molar-refractivity contribution is 5.94. The number of aromatic amines is 1. The fourth-order valence-electron chi connectivity index (χ4n) is 4.02. The summed E-state index contributed by atoms with van der Waals surface area (Å²) < 4.78 is 5.82. The lowest BCUT2D eigenvalue weighted by atomic mass is 9.96.